The van der Waals surface area contributed by atoms with E-state index in [-0.39, 0.29) is 10.7 Å². The largest absolute Gasteiger partial charge is 0.477 e. The molecule has 0 amide bonds. The number of carboxylic acids is 1. The molecule has 6 heteroatoms. The first-order valence-corrected chi connectivity index (χ1v) is 8.12. The average Bonchev–Trinajstić information content (AvgIpc) is 3.08. The molecule has 126 valence electrons. The third-order valence-electron chi connectivity index (χ3n) is 3.49. The number of hydrogen-bond donors (Lipinski definition) is 1. The fourth-order valence-corrected chi connectivity index (χ4v) is 2.86. The van der Waals surface area contributed by atoms with Crippen LogP contribution < -0.4 is 0 Å². The summed E-state index contributed by atoms with van der Waals surface area (Å²) in [6.45, 7) is 7.28. The quantitative estimate of drug-likeness (QED) is 0.615. The lowest BCUT2D eigenvalue weighted by molar-refractivity contribution is 0.0702. The Balaban J connectivity index is 2.40. The van der Waals surface area contributed by atoms with Gasteiger partial charge in [-0.25, -0.2) is 14.2 Å². The number of nitrogens with zero attached hydrogens (tertiary/aromatic N) is 2. The van der Waals surface area contributed by atoms with Crippen molar-refractivity contribution >= 4 is 28.5 Å². The maximum absolute atomic E-state index is 13.8. The highest BCUT2D eigenvalue weighted by Gasteiger charge is 2.13. The molecular weight excluding hydrogens is 339 g/mol. The molecule has 0 fully saturated rings. The maximum Gasteiger partial charge on any atom is 0.347 e. The second kappa shape index (κ2) is 7.69. The van der Waals surface area contributed by atoms with Crippen molar-refractivity contribution in [2.45, 2.75) is 13.8 Å². The van der Waals surface area contributed by atoms with E-state index in [2.05, 4.69) is 17.6 Å². The molecule has 1 aromatic heterocycles. The first-order valence-electron chi connectivity index (χ1n) is 7.30. The van der Waals surface area contributed by atoms with Gasteiger partial charge in [-0.1, -0.05) is 24.8 Å². The number of carbonyl (C=O) groups is 1. The van der Waals surface area contributed by atoms with Crippen LogP contribution in [0.25, 0.3) is 11.1 Å². The number of nitriles is 1. The van der Waals surface area contributed by atoms with E-state index in [0.29, 0.717) is 32.9 Å². The summed E-state index contributed by atoms with van der Waals surface area (Å²) in [5, 5.41) is 18.9. The minimum absolute atomic E-state index is 0.0925. The van der Waals surface area contributed by atoms with E-state index in [1.807, 2.05) is 0 Å². The molecule has 2 aromatic rings. The summed E-state index contributed by atoms with van der Waals surface area (Å²) < 4.78 is 13.8. The van der Waals surface area contributed by atoms with Crippen LogP contribution in [0, 0.1) is 24.1 Å². The highest BCUT2D eigenvalue weighted by atomic mass is 32.1. The van der Waals surface area contributed by atoms with E-state index in [9.17, 15) is 14.4 Å². The Bertz CT molecular complexity index is 949. The monoisotopic (exact) mass is 354 g/mol. The van der Waals surface area contributed by atoms with Gasteiger partial charge in [0.05, 0.1) is 17.8 Å². The van der Waals surface area contributed by atoms with Crippen molar-refractivity contribution in [2.24, 2.45) is 0 Å². The average molecular weight is 354 g/mol. The Morgan fingerprint density at radius 1 is 1.48 bits per heavy atom. The summed E-state index contributed by atoms with van der Waals surface area (Å²) in [5.41, 5.74) is 2.38. The Hall–Kier alpha value is -3.04. The summed E-state index contributed by atoms with van der Waals surface area (Å²) in [5.74, 6) is -1.41. The first-order chi connectivity index (χ1) is 11.9. The molecule has 0 aliphatic rings. The number of allylic oxidation sites excluding steroid dienone is 5. The molecule has 4 nitrogen and oxygen atoms in total. The summed E-state index contributed by atoms with van der Waals surface area (Å²) >= 11 is 0.977. The fourth-order valence-electron chi connectivity index (χ4n) is 2.17. The van der Waals surface area contributed by atoms with Crippen LogP contribution in [0.3, 0.4) is 0 Å². The number of aromatic nitrogens is 1. The molecule has 0 radical (unpaired) electrons. The Morgan fingerprint density at radius 3 is 2.72 bits per heavy atom. The van der Waals surface area contributed by atoms with Crippen LogP contribution in [0.2, 0.25) is 0 Å². The van der Waals surface area contributed by atoms with Crippen molar-refractivity contribution in [3.05, 3.63) is 75.5 Å². The highest BCUT2D eigenvalue weighted by Crippen LogP contribution is 2.28. The third kappa shape index (κ3) is 4.08. The second-order valence-electron chi connectivity index (χ2n) is 5.20. The van der Waals surface area contributed by atoms with Gasteiger partial charge in [0.2, 0.25) is 0 Å². The van der Waals surface area contributed by atoms with Crippen molar-refractivity contribution in [1.29, 1.82) is 5.26 Å². The van der Waals surface area contributed by atoms with Crippen LogP contribution in [0.4, 0.5) is 4.39 Å². The molecule has 0 spiro atoms. The molecule has 2 rings (SSSR count). The first kappa shape index (κ1) is 18.3. The SMILES string of the molecule is C=C(/C=C(C#N)\C(=C/C)c1ccc(C)c(F)c1)c1ncc(C(=O)O)s1. The smallest absolute Gasteiger partial charge is 0.347 e. The zero-order chi connectivity index (χ0) is 18.6. The maximum atomic E-state index is 13.8. The summed E-state index contributed by atoms with van der Waals surface area (Å²) in [6, 6.07) is 6.86. The predicted octanol–water partition coefficient (Wildman–Crippen LogP) is 4.86. The molecule has 0 bridgehead atoms. The standard InChI is InChI=1S/C19H15FN2O2S/c1-4-15(13-6-5-11(2)16(20)8-13)14(9-21)7-12(3)18-22-10-17(25-18)19(23)24/h4-8,10H,3H2,1-2H3,(H,23,24)/b14-7-,15-4-. The summed E-state index contributed by atoms with van der Waals surface area (Å²) in [7, 11) is 0. The lowest BCUT2D eigenvalue weighted by atomic mass is 9.96. The molecule has 0 saturated heterocycles. The number of aryl methyl sites for hydroxylation is 1. The zero-order valence-corrected chi connectivity index (χ0v) is 14.5. The van der Waals surface area contributed by atoms with E-state index in [1.165, 1.54) is 18.3 Å². The van der Waals surface area contributed by atoms with Crippen LogP contribution >= 0.6 is 11.3 Å². The van der Waals surface area contributed by atoms with Gasteiger partial charge in [0.15, 0.2) is 0 Å². The van der Waals surface area contributed by atoms with Crippen molar-refractivity contribution in [3.63, 3.8) is 0 Å². The van der Waals surface area contributed by atoms with Gasteiger partial charge in [-0.05, 0) is 42.7 Å². The minimum atomic E-state index is -1.06. The van der Waals surface area contributed by atoms with Crippen LogP contribution in [0.5, 0.6) is 0 Å². The van der Waals surface area contributed by atoms with Gasteiger partial charge in [-0.15, -0.1) is 11.3 Å². The molecule has 0 aliphatic carbocycles. The van der Waals surface area contributed by atoms with E-state index in [1.54, 1.807) is 32.1 Å². The van der Waals surface area contributed by atoms with Gasteiger partial charge in [0.25, 0.3) is 0 Å². The molecule has 0 atom stereocenters. The van der Waals surface area contributed by atoms with Crippen LogP contribution in [0.1, 0.15) is 32.7 Å². The van der Waals surface area contributed by atoms with Crippen molar-refractivity contribution in [1.82, 2.24) is 4.98 Å². The van der Waals surface area contributed by atoms with Crippen molar-refractivity contribution in [3.8, 4) is 6.07 Å². The Morgan fingerprint density at radius 2 is 2.20 bits per heavy atom. The van der Waals surface area contributed by atoms with Gasteiger partial charge in [0.1, 0.15) is 15.7 Å². The number of carboxylic acid groups (broad SMARTS) is 1. The van der Waals surface area contributed by atoms with Crippen LogP contribution in [-0.2, 0) is 0 Å². The lowest BCUT2D eigenvalue weighted by Crippen LogP contribution is -1.92. The molecular formula is C19H15FN2O2S. The predicted molar refractivity (Wildman–Crippen MR) is 96.6 cm³/mol. The Labute approximate surface area is 148 Å². The van der Waals surface area contributed by atoms with E-state index in [0.717, 1.165) is 11.3 Å². The highest BCUT2D eigenvalue weighted by molar-refractivity contribution is 7.14. The third-order valence-corrected chi connectivity index (χ3v) is 4.55. The van der Waals surface area contributed by atoms with Gasteiger partial charge in [-0.3, -0.25) is 0 Å². The van der Waals surface area contributed by atoms with Crippen LogP contribution in [0.15, 0.2) is 48.7 Å². The molecule has 0 aliphatic heterocycles. The zero-order valence-electron chi connectivity index (χ0n) is 13.7. The molecule has 25 heavy (non-hydrogen) atoms. The van der Waals surface area contributed by atoms with E-state index >= 15 is 0 Å². The Kier molecular flexibility index (Phi) is 5.63. The van der Waals surface area contributed by atoms with Crippen molar-refractivity contribution in [2.75, 3.05) is 0 Å². The fraction of sp³-hybridized carbons (Fsp3) is 0.105. The van der Waals surface area contributed by atoms with Gasteiger partial charge in [0, 0.05) is 5.57 Å². The van der Waals surface area contributed by atoms with Crippen molar-refractivity contribution < 1.29 is 14.3 Å². The minimum Gasteiger partial charge on any atom is -0.477 e. The molecule has 1 N–H and O–H groups in total. The number of halogens is 1. The second-order valence-corrected chi connectivity index (χ2v) is 6.23. The number of thiazole rings is 1. The molecule has 0 unspecified atom stereocenters. The summed E-state index contributed by atoms with van der Waals surface area (Å²) in [4.78, 5) is 15.0. The van der Waals surface area contributed by atoms with Gasteiger partial charge in [-0.2, -0.15) is 5.26 Å². The van der Waals surface area contributed by atoms with Crippen LogP contribution in [-0.4, -0.2) is 16.1 Å². The molecule has 1 aromatic carbocycles. The van der Waals surface area contributed by atoms with E-state index < -0.39 is 5.97 Å². The number of aromatic carboxylic acids is 1. The number of hydrogen-bond acceptors (Lipinski definition) is 4. The van der Waals surface area contributed by atoms with Gasteiger partial charge >= 0.3 is 5.97 Å². The number of benzene rings is 1. The molecule has 1 heterocycles. The van der Waals surface area contributed by atoms with E-state index in [4.69, 9.17) is 5.11 Å². The topological polar surface area (TPSA) is 74.0 Å². The number of rotatable bonds is 5. The normalized spacial score (nSPS) is 11.9. The van der Waals surface area contributed by atoms with Gasteiger partial charge < -0.3 is 5.11 Å². The molecule has 0 saturated carbocycles. The summed E-state index contributed by atoms with van der Waals surface area (Å²) in [6.07, 6.45) is 4.49. The lowest BCUT2D eigenvalue weighted by Gasteiger charge is -2.08.